The first-order valence-electron chi connectivity index (χ1n) is 10.4. The second-order valence-corrected chi connectivity index (χ2v) is 8.66. The van der Waals surface area contributed by atoms with Crippen LogP contribution in [0, 0.1) is 11.8 Å². The number of carboxylic acid groups (broad SMARTS) is 1. The van der Waals surface area contributed by atoms with E-state index in [0.717, 1.165) is 5.39 Å². The van der Waals surface area contributed by atoms with E-state index < -0.39 is 29.6 Å². The van der Waals surface area contributed by atoms with Crippen LogP contribution in [0.1, 0.15) is 48.7 Å². The highest BCUT2D eigenvalue weighted by molar-refractivity contribution is 6.29. The van der Waals surface area contributed by atoms with Crippen LogP contribution < -0.4 is 4.90 Å². The van der Waals surface area contributed by atoms with Crippen LogP contribution in [0.25, 0.3) is 11.0 Å². The zero-order valence-electron chi connectivity index (χ0n) is 17.7. The average molecular weight is 452 g/mol. The molecule has 3 heterocycles. The Morgan fingerprint density at radius 3 is 2.53 bits per heavy atom. The predicted molar refractivity (Wildman–Crippen MR) is 121 cm³/mol. The standard InChI is InChI=1S/C24H22ClN3O4/c1-13(2)7-10-17(29)20(24(31)32)21-15-5-3-4-6-16(15)23(30)28(21)19-12-9-14-8-11-18(25)26-22(14)27-19/h3-6,8-9,11-13,20-21H,7,10H2,1-2H3,(H,31,32). The zero-order chi connectivity index (χ0) is 23.0. The van der Waals surface area contributed by atoms with Gasteiger partial charge in [-0.25, -0.2) is 9.97 Å². The number of hydrogen-bond donors (Lipinski definition) is 1. The fraction of sp³-hybridized carbons (Fsp3) is 0.292. The highest BCUT2D eigenvalue weighted by Crippen LogP contribution is 2.42. The molecule has 0 fully saturated rings. The lowest BCUT2D eigenvalue weighted by molar-refractivity contribution is -0.147. The Labute approximate surface area is 190 Å². The number of benzene rings is 1. The molecule has 1 aliphatic heterocycles. The SMILES string of the molecule is CC(C)CCC(=O)C(C(=O)O)C1c2ccccc2C(=O)N1c1ccc2ccc(Cl)nc2n1. The quantitative estimate of drug-likeness (QED) is 0.413. The Balaban J connectivity index is 1.84. The molecule has 1 aliphatic rings. The number of pyridine rings is 2. The van der Waals surface area contributed by atoms with Gasteiger partial charge in [-0.3, -0.25) is 19.3 Å². The van der Waals surface area contributed by atoms with Gasteiger partial charge < -0.3 is 5.11 Å². The van der Waals surface area contributed by atoms with E-state index in [0.29, 0.717) is 23.2 Å². The number of ketones is 1. The summed E-state index contributed by atoms with van der Waals surface area (Å²) in [5.41, 5.74) is 1.20. The Morgan fingerprint density at radius 1 is 1.09 bits per heavy atom. The molecule has 0 aliphatic carbocycles. The van der Waals surface area contributed by atoms with E-state index in [1.165, 1.54) is 4.90 Å². The Hall–Kier alpha value is -3.32. The summed E-state index contributed by atoms with van der Waals surface area (Å²) in [5.74, 6) is -3.01. The van der Waals surface area contributed by atoms with Crippen molar-refractivity contribution in [2.24, 2.45) is 11.8 Å². The summed E-state index contributed by atoms with van der Waals surface area (Å²) >= 11 is 6.00. The number of amides is 1. The lowest BCUT2D eigenvalue weighted by Crippen LogP contribution is -2.40. The molecule has 1 N–H and O–H groups in total. The molecule has 2 atom stereocenters. The Kier molecular flexibility index (Phi) is 5.93. The molecule has 2 unspecified atom stereocenters. The number of anilines is 1. The van der Waals surface area contributed by atoms with Crippen LogP contribution in [0.5, 0.6) is 0 Å². The van der Waals surface area contributed by atoms with Crippen molar-refractivity contribution >= 4 is 46.1 Å². The number of aromatic nitrogens is 2. The van der Waals surface area contributed by atoms with Crippen molar-refractivity contribution in [2.75, 3.05) is 4.90 Å². The molecular formula is C24H22ClN3O4. The second-order valence-electron chi connectivity index (χ2n) is 8.27. The minimum atomic E-state index is -1.41. The number of rotatable bonds is 7. The monoisotopic (exact) mass is 451 g/mol. The number of fused-ring (bicyclic) bond motifs is 2. The second kappa shape index (κ2) is 8.67. The maximum Gasteiger partial charge on any atom is 0.316 e. The molecule has 0 radical (unpaired) electrons. The van der Waals surface area contributed by atoms with Gasteiger partial charge in [0.25, 0.3) is 5.91 Å². The van der Waals surface area contributed by atoms with Crippen LogP contribution >= 0.6 is 11.6 Å². The molecular weight excluding hydrogens is 430 g/mol. The number of carbonyl (C=O) groups is 3. The van der Waals surface area contributed by atoms with E-state index in [-0.39, 0.29) is 23.3 Å². The van der Waals surface area contributed by atoms with Crippen molar-refractivity contribution in [2.45, 2.75) is 32.7 Å². The fourth-order valence-electron chi connectivity index (χ4n) is 4.06. The summed E-state index contributed by atoms with van der Waals surface area (Å²) in [6.45, 7) is 3.95. The summed E-state index contributed by atoms with van der Waals surface area (Å²) in [6, 6.07) is 12.5. The van der Waals surface area contributed by atoms with Gasteiger partial charge in [-0.1, -0.05) is 43.6 Å². The van der Waals surface area contributed by atoms with Crippen LogP contribution in [-0.4, -0.2) is 32.7 Å². The topological polar surface area (TPSA) is 100 Å². The van der Waals surface area contributed by atoms with E-state index in [4.69, 9.17) is 11.6 Å². The maximum atomic E-state index is 13.4. The highest BCUT2D eigenvalue weighted by atomic mass is 35.5. The average Bonchev–Trinajstić information content (AvgIpc) is 3.04. The summed E-state index contributed by atoms with van der Waals surface area (Å²) in [7, 11) is 0. The first-order chi connectivity index (χ1) is 15.3. The normalized spacial score (nSPS) is 16.4. The molecule has 1 amide bonds. The number of carboxylic acids is 1. The molecule has 3 aromatic rings. The van der Waals surface area contributed by atoms with Gasteiger partial charge in [0, 0.05) is 17.4 Å². The largest absolute Gasteiger partial charge is 0.481 e. The molecule has 164 valence electrons. The summed E-state index contributed by atoms with van der Waals surface area (Å²) < 4.78 is 0. The molecule has 8 heteroatoms. The molecule has 7 nitrogen and oxygen atoms in total. The van der Waals surface area contributed by atoms with Crippen LogP contribution in [-0.2, 0) is 9.59 Å². The van der Waals surface area contributed by atoms with Gasteiger partial charge in [-0.05, 0) is 48.2 Å². The number of nitrogens with zero attached hydrogens (tertiary/aromatic N) is 3. The first-order valence-corrected chi connectivity index (χ1v) is 10.8. The molecule has 0 saturated carbocycles. The smallest absolute Gasteiger partial charge is 0.316 e. The zero-order valence-corrected chi connectivity index (χ0v) is 18.4. The minimum absolute atomic E-state index is 0.123. The van der Waals surface area contributed by atoms with Crippen molar-refractivity contribution in [3.05, 3.63) is 64.8 Å². The molecule has 32 heavy (non-hydrogen) atoms. The van der Waals surface area contributed by atoms with E-state index in [2.05, 4.69) is 9.97 Å². The van der Waals surface area contributed by atoms with E-state index in [1.54, 1.807) is 48.5 Å². The van der Waals surface area contributed by atoms with Gasteiger partial charge in [0.1, 0.15) is 22.7 Å². The van der Waals surface area contributed by atoms with Crippen LogP contribution in [0.2, 0.25) is 5.15 Å². The van der Waals surface area contributed by atoms with E-state index in [9.17, 15) is 19.5 Å². The molecule has 4 rings (SSSR count). The summed E-state index contributed by atoms with van der Waals surface area (Å²) in [4.78, 5) is 48.7. The van der Waals surface area contributed by atoms with Gasteiger partial charge in [0.05, 0.1) is 6.04 Å². The molecule has 0 spiro atoms. The Bertz CT molecular complexity index is 1230. The van der Waals surface area contributed by atoms with Crippen molar-refractivity contribution in [3.8, 4) is 0 Å². The van der Waals surface area contributed by atoms with Gasteiger partial charge >= 0.3 is 5.97 Å². The van der Waals surface area contributed by atoms with Gasteiger partial charge in [0.15, 0.2) is 5.65 Å². The predicted octanol–water partition coefficient (Wildman–Crippen LogP) is 4.69. The third kappa shape index (κ3) is 3.96. The van der Waals surface area contributed by atoms with Gasteiger partial charge in [0.2, 0.25) is 0 Å². The Morgan fingerprint density at radius 2 is 1.81 bits per heavy atom. The fourth-order valence-corrected chi connectivity index (χ4v) is 4.20. The van der Waals surface area contributed by atoms with Crippen LogP contribution in [0.4, 0.5) is 5.82 Å². The van der Waals surface area contributed by atoms with Crippen LogP contribution in [0.15, 0.2) is 48.5 Å². The van der Waals surface area contributed by atoms with Crippen molar-refractivity contribution in [1.82, 2.24) is 9.97 Å². The first kappa shape index (κ1) is 21.9. The maximum absolute atomic E-state index is 13.4. The number of halogens is 1. The van der Waals surface area contributed by atoms with Crippen molar-refractivity contribution < 1.29 is 19.5 Å². The summed E-state index contributed by atoms with van der Waals surface area (Å²) in [6.07, 6.45) is 0.694. The van der Waals surface area contributed by atoms with Gasteiger partial charge in [-0.2, -0.15) is 0 Å². The minimum Gasteiger partial charge on any atom is -0.481 e. The third-order valence-corrected chi connectivity index (χ3v) is 5.86. The van der Waals surface area contributed by atoms with Crippen LogP contribution in [0.3, 0.4) is 0 Å². The molecule has 0 bridgehead atoms. The number of Topliss-reactive ketones (excluding diaryl/α,β-unsaturated/α-hetero) is 1. The number of hydrogen-bond acceptors (Lipinski definition) is 5. The number of aliphatic carboxylic acids is 1. The lowest BCUT2D eigenvalue weighted by Gasteiger charge is -2.29. The van der Waals surface area contributed by atoms with E-state index >= 15 is 0 Å². The molecule has 2 aromatic heterocycles. The van der Waals surface area contributed by atoms with Crippen molar-refractivity contribution in [3.63, 3.8) is 0 Å². The lowest BCUT2D eigenvalue weighted by atomic mass is 9.86. The molecule has 1 aromatic carbocycles. The van der Waals surface area contributed by atoms with E-state index in [1.807, 2.05) is 13.8 Å². The van der Waals surface area contributed by atoms with Gasteiger partial charge in [-0.15, -0.1) is 0 Å². The highest BCUT2D eigenvalue weighted by Gasteiger charge is 2.48. The van der Waals surface area contributed by atoms with Crippen molar-refractivity contribution in [1.29, 1.82) is 0 Å². The molecule has 0 saturated heterocycles. The third-order valence-electron chi connectivity index (χ3n) is 5.65. The summed E-state index contributed by atoms with van der Waals surface area (Å²) in [5, 5.41) is 11.0. The number of carbonyl (C=O) groups excluding carboxylic acids is 2.